The second kappa shape index (κ2) is 6.06. The van der Waals surface area contributed by atoms with Crippen LogP contribution in [0.4, 0.5) is 0 Å². The zero-order valence-corrected chi connectivity index (χ0v) is 9.20. The number of hydrogen-bond donors (Lipinski definition) is 2. The highest BCUT2D eigenvalue weighted by Gasteiger charge is 2.14. The van der Waals surface area contributed by atoms with Gasteiger partial charge in [-0.05, 0) is 5.56 Å². The summed E-state index contributed by atoms with van der Waals surface area (Å²) in [5, 5.41) is 9.04. The minimum Gasteiger partial charge on any atom is -0.396 e. The average molecular weight is 211 g/mol. The van der Waals surface area contributed by atoms with Crippen LogP contribution in [0.1, 0.15) is 18.5 Å². The maximum Gasteiger partial charge on any atom is 0.0521 e. The van der Waals surface area contributed by atoms with Crippen molar-refractivity contribution in [3.05, 3.63) is 35.9 Å². The summed E-state index contributed by atoms with van der Waals surface area (Å²) in [6.07, 6.45) is 0. The molecule has 1 aromatic carbocycles. The molecule has 0 radical (unpaired) electrons. The lowest BCUT2D eigenvalue weighted by molar-refractivity contribution is 0.322. The van der Waals surface area contributed by atoms with Gasteiger partial charge in [-0.2, -0.15) is 11.8 Å². The van der Waals surface area contributed by atoms with Gasteiger partial charge in [0.15, 0.2) is 0 Å². The van der Waals surface area contributed by atoms with Crippen LogP contribution in [-0.4, -0.2) is 22.7 Å². The van der Waals surface area contributed by atoms with Crippen molar-refractivity contribution < 1.29 is 5.11 Å². The van der Waals surface area contributed by atoms with Crippen LogP contribution >= 0.6 is 11.8 Å². The van der Waals surface area contributed by atoms with Crippen LogP contribution in [0.25, 0.3) is 0 Å². The van der Waals surface area contributed by atoms with Gasteiger partial charge in [-0.3, -0.25) is 0 Å². The second-order valence-electron chi connectivity index (χ2n) is 3.24. The number of aliphatic hydroxyl groups excluding tert-OH is 1. The Kier molecular flexibility index (Phi) is 5.01. The van der Waals surface area contributed by atoms with Crippen molar-refractivity contribution in [1.82, 2.24) is 0 Å². The third kappa shape index (κ3) is 3.33. The van der Waals surface area contributed by atoms with Gasteiger partial charge in [0.25, 0.3) is 0 Å². The summed E-state index contributed by atoms with van der Waals surface area (Å²) in [5.41, 5.74) is 7.23. The van der Waals surface area contributed by atoms with E-state index in [1.807, 2.05) is 30.3 Å². The van der Waals surface area contributed by atoms with Crippen molar-refractivity contribution in [3.63, 3.8) is 0 Å². The summed E-state index contributed by atoms with van der Waals surface area (Å²) in [6, 6.07) is 10.1. The molecule has 0 fully saturated rings. The van der Waals surface area contributed by atoms with E-state index in [-0.39, 0.29) is 12.6 Å². The Hall–Kier alpha value is -0.510. The molecule has 0 heterocycles. The van der Waals surface area contributed by atoms with E-state index >= 15 is 0 Å². The molecular weight excluding hydrogens is 194 g/mol. The molecule has 0 aromatic heterocycles. The highest BCUT2D eigenvalue weighted by atomic mass is 32.2. The Balaban J connectivity index is 2.52. The van der Waals surface area contributed by atoms with Crippen molar-refractivity contribution >= 4 is 11.8 Å². The van der Waals surface area contributed by atoms with Crippen molar-refractivity contribution in [2.24, 2.45) is 5.73 Å². The van der Waals surface area contributed by atoms with Crippen LogP contribution in [0.2, 0.25) is 0 Å². The van der Waals surface area contributed by atoms with Gasteiger partial charge in [0.05, 0.1) is 6.61 Å². The molecular formula is C11H17NOS. The predicted octanol–water partition coefficient (Wildman–Crippen LogP) is 1.80. The first-order valence-corrected chi connectivity index (χ1v) is 5.83. The summed E-state index contributed by atoms with van der Waals surface area (Å²) < 4.78 is 0. The Labute approximate surface area is 89.5 Å². The molecule has 0 aliphatic carbocycles. The summed E-state index contributed by atoms with van der Waals surface area (Å²) in [6.45, 7) is 2.31. The largest absolute Gasteiger partial charge is 0.396 e. The van der Waals surface area contributed by atoms with Crippen LogP contribution in [0, 0.1) is 0 Å². The lowest BCUT2D eigenvalue weighted by Crippen LogP contribution is -2.21. The van der Waals surface area contributed by atoms with E-state index in [4.69, 9.17) is 10.8 Å². The lowest BCUT2D eigenvalue weighted by atomic mass is 10.1. The van der Waals surface area contributed by atoms with E-state index in [1.165, 1.54) is 0 Å². The maximum atomic E-state index is 8.71. The van der Waals surface area contributed by atoms with Crippen LogP contribution in [0.3, 0.4) is 0 Å². The fraction of sp³-hybridized carbons (Fsp3) is 0.455. The molecule has 0 saturated carbocycles. The number of rotatable bonds is 5. The molecule has 3 N–H and O–H groups in total. The highest BCUT2D eigenvalue weighted by molar-refractivity contribution is 7.99. The first-order chi connectivity index (χ1) is 6.75. The van der Waals surface area contributed by atoms with E-state index in [9.17, 15) is 0 Å². The molecule has 14 heavy (non-hydrogen) atoms. The fourth-order valence-corrected chi connectivity index (χ4v) is 2.13. The number of thioether (sulfide) groups is 1. The Morgan fingerprint density at radius 2 is 2.00 bits per heavy atom. The van der Waals surface area contributed by atoms with Crippen molar-refractivity contribution in [1.29, 1.82) is 0 Å². The molecule has 2 atom stereocenters. The van der Waals surface area contributed by atoms with Crippen molar-refractivity contribution in [2.45, 2.75) is 18.2 Å². The average Bonchev–Trinajstić information content (AvgIpc) is 2.26. The Morgan fingerprint density at radius 1 is 1.36 bits per heavy atom. The van der Waals surface area contributed by atoms with Crippen LogP contribution < -0.4 is 5.73 Å². The molecule has 0 aliphatic heterocycles. The normalized spacial score (nSPS) is 15.1. The fourth-order valence-electron chi connectivity index (χ4n) is 1.29. The third-order valence-electron chi connectivity index (χ3n) is 2.16. The molecule has 78 valence electrons. The zero-order chi connectivity index (χ0) is 10.4. The highest BCUT2D eigenvalue weighted by Crippen LogP contribution is 2.23. The van der Waals surface area contributed by atoms with Crippen molar-refractivity contribution in [2.75, 3.05) is 12.4 Å². The molecule has 0 spiro atoms. The minimum absolute atomic E-state index is 0.0488. The first-order valence-electron chi connectivity index (χ1n) is 4.78. The molecule has 1 aromatic rings. The second-order valence-corrected chi connectivity index (χ2v) is 4.72. The third-order valence-corrected chi connectivity index (χ3v) is 3.40. The monoisotopic (exact) mass is 211 g/mol. The molecule has 0 bridgehead atoms. The molecule has 2 nitrogen and oxygen atoms in total. The van der Waals surface area contributed by atoms with Gasteiger partial charge >= 0.3 is 0 Å². The van der Waals surface area contributed by atoms with E-state index in [2.05, 4.69) is 6.92 Å². The number of aliphatic hydroxyl groups is 1. The number of hydrogen-bond acceptors (Lipinski definition) is 3. The predicted molar refractivity (Wildman–Crippen MR) is 62.4 cm³/mol. The number of benzene rings is 1. The van der Waals surface area contributed by atoms with Gasteiger partial charge in [0.2, 0.25) is 0 Å². The summed E-state index contributed by atoms with van der Waals surface area (Å²) >= 11 is 1.70. The maximum absolute atomic E-state index is 8.71. The Morgan fingerprint density at radius 3 is 2.57 bits per heavy atom. The number of nitrogens with two attached hydrogens (primary N) is 1. The van der Waals surface area contributed by atoms with Gasteiger partial charge < -0.3 is 10.8 Å². The van der Waals surface area contributed by atoms with Gasteiger partial charge in [-0.25, -0.2) is 0 Å². The quantitative estimate of drug-likeness (QED) is 0.780. The zero-order valence-electron chi connectivity index (χ0n) is 8.39. The molecule has 1 rings (SSSR count). The van der Waals surface area contributed by atoms with E-state index < -0.39 is 0 Å². The summed E-state index contributed by atoms with van der Waals surface area (Å²) in [5.74, 6) is 0.752. The van der Waals surface area contributed by atoms with Gasteiger partial charge in [0, 0.05) is 17.0 Å². The van der Waals surface area contributed by atoms with E-state index in [1.54, 1.807) is 11.8 Å². The van der Waals surface area contributed by atoms with Crippen LogP contribution in [0.5, 0.6) is 0 Å². The standard InChI is InChI=1S/C11H17NOS/c1-9(14-8-7-13)11(12)10-5-3-2-4-6-10/h2-6,9,11,13H,7-8,12H2,1H3. The summed E-state index contributed by atoms with van der Waals surface area (Å²) in [7, 11) is 0. The first kappa shape index (κ1) is 11.6. The van der Waals surface area contributed by atoms with Gasteiger partial charge in [0.1, 0.15) is 0 Å². The van der Waals surface area contributed by atoms with E-state index in [0.717, 1.165) is 11.3 Å². The van der Waals surface area contributed by atoms with E-state index in [0.29, 0.717) is 5.25 Å². The van der Waals surface area contributed by atoms with Crippen LogP contribution in [-0.2, 0) is 0 Å². The molecule has 2 unspecified atom stereocenters. The van der Waals surface area contributed by atoms with Gasteiger partial charge in [-0.1, -0.05) is 37.3 Å². The Bertz CT molecular complexity index is 253. The minimum atomic E-state index is 0.0488. The smallest absolute Gasteiger partial charge is 0.0521 e. The molecule has 0 saturated heterocycles. The molecule has 0 aliphatic rings. The lowest BCUT2D eigenvalue weighted by Gasteiger charge is -2.19. The van der Waals surface area contributed by atoms with Crippen LogP contribution in [0.15, 0.2) is 30.3 Å². The van der Waals surface area contributed by atoms with Crippen molar-refractivity contribution in [3.8, 4) is 0 Å². The molecule has 0 amide bonds. The SMILES string of the molecule is CC(SCCO)C(N)c1ccccc1. The topological polar surface area (TPSA) is 46.2 Å². The van der Waals surface area contributed by atoms with Gasteiger partial charge in [-0.15, -0.1) is 0 Å². The summed E-state index contributed by atoms with van der Waals surface area (Å²) in [4.78, 5) is 0. The molecule has 3 heteroatoms.